The van der Waals surface area contributed by atoms with Gasteiger partial charge in [0.1, 0.15) is 4.83 Å². The average molecular weight is 439 g/mol. The van der Waals surface area contributed by atoms with Crippen LogP contribution in [0.1, 0.15) is 46.2 Å². The summed E-state index contributed by atoms with van der Waals surface area (Å²) in [5.74, 6) is 1.53. The zero-order valence-electron chi connectivity index (χ0n) is 17.2. The fraction of sp³-hybridized carbons (Fsp3) is 0.364. The maximum Gasteiger partial charge on any atom is 0.267 e. The number of aromatic nitrogens is 4. The Hall–Kier alpha value is -2.45. The molecule has 0 saturated carbocycles. The molecule has 0 unspecified atom stereocenters. The zero-order valence-corrected chi connectivity index (χ0v) is 18.8. The lowest BCUT2D eigenvalue weighted by molar-refractivity contribution is 0.485. The van der Waals surface area contributed by atoms with Crippen molar-refractivity contribution in [1.29, 1.82) is 0 Å². The van der Waals surface area contributed by atoms with Gasteiger partial charge in [-0.3, -0.25) is 9.36 Å². The number of aryl methyl sites for hydroxylation is 5. The first kappa shape index (κ1) is 19.5. The minimum absolute atomic E-state index is 0.0237. The van der Waals surface area contributed by atoms with Crippen molar-refractivity contribution in [3.8, 4) is 5.69 Å². The van der Waals surface area contributed by atoms with E-state index in [1.165, 1.54) is 34.2 Å². The molecular formula is C22H22N4O2S2. The maximum absolute atomic E-state index is 13.8. The van der Waals surface area contributed by atoms with Gasteiger partial charge in [-0.25, -0.2) is 4.98 Å². The molecular weight excluding hydrogens is 416 g/mol. The van der Waals surface area contributed by atoms with E-state index >= 15 is 0 Å². The van der Waals surface area contributed by atoms with Gasteiger partial charge >= 0.3 is 0 Å². The first-order valence-corrected chi connectivity index (χ1v) is 11.9. The molecule has 0 amide bonds. The van der Waals surface area contributed by atoms with Crippen molar-refractivity contribution < 1.29 is 4.42 Å². The van der Waals surface area contributed by atoms with E-state index in [-0.39, 0.29) is 5.56 Å². The smallest absolute Gasteiger partial charge is 0.267 e. The highest BCUT2D eigenvalue weighted by molar-refractivity contribution is 7.98. The third-order valence-corrected chi connectivity index (χ3v) is 7.55. The van der Waals surface area contributed by atoms with Crippen molar-refractivity contribution in [2.75, 3.05) is 0 Å². The molecule has 0 atom stereocenters. The SMILES string of the molecule is Cc1ccc(-n2c(SCc3nnc(C)o3)nc3sc4c(c3c2=O)CCCC4)c(C)c1. The Labute approximate surface area is 182 Å². The quantitative estimate of drug-likeness (QED) is 0.332. The topological polar surface area (TPSA) is 73.8 Å². The van der Waals surface area contributed by atoms with Crippen molar-refractivity contribution >= 4 is 33.3 Å². The molecule has 6 nitrogen and oxygen atoms in total. The molecule has 4 aromatic rings. The highest BCUT2D eigenvalue weighted by atomic mass is 32.2. The predicted molar refractivity (Wildman–Crippen MR) is 120 cm³/mol. The van der Waals surface area contributed by atoms with Crippen LogP contribution in [0.4, 0.5) is 0 Å². The number of hydrogen-bond acceptors (Lipinski definition) is 7. The molecule has 30 heavy (non-hydrogen) atoms. The zero-order chi connectivity index (χ0) is 20.8. The third-order valence-electron chi connectivity index (χ3n) is 5.44. The van der Waals surface area contributed by atoms with Crippen molar-refractivity contribution in [3.63, 3.8) is 0 Å². The minimum atomic E-state index is 0.0237. The van der Waals surface area contributed by atoms with Crippen LogP contribution < -0.4 is 5.56 Å². The van der Waals surface area contributed by atoms with Gasteiger partial charge in [-0.1, -0.05) is 29.5 Å². The van der Waals surface area contributed by atoms with Crippen LogP contribution in [0.25, 0.3) is 15.9 Å². The average Bonchev–Trinajstić information content (AvgIpc) is 3.30. The number of benzene rings is 1. The molecule has 0 spiro atoms. The molecule has 0 fully saturated rings. The molecule has 8 heteroatoms. The van der Waals surface area contributed by atoms with Gasteiger partial charge in [0.2, 0.25) is 11.8 Å². The second-order valence-electron chi connectivity index (χ2n) is 7.72. The Morgan fingerprint density at radius 3 is 2.77 bits per heavy atom. The molecule has 5 rings (SSSR count). The summed E-state index contributed by atoms with van der Waals surface area (Å²) in [5, 5.41) is 9.44. The van der Waals surface area contributed by atoms with Crippen LogP contribution >= 0.6 is 23.1 Å². The van der Waals surface area contributed by atoms with Gasteiger partial charge in [-0.15, -0.1) is 21.5 Å². The van der Waals surface area contributed by atoms with E-state index in [2.05, 4.69) is 23.2 Å². The van der Waals surface area contributed by atoms with E-state index in [0.717, 1.165) is 40.7 Å². The highest BCUT2D eigenvalue weighted by Crippen LogP contribution is 2.36. The Balaban J connectivity index is 1.70. The number of fused-ring (bicyclic) bond motifs is 3. The van der Waals surface area contributed by atoms with Gasteiger partial charge in [-0.05, 0) is 56.7 Å². The van der Waals surface area contributed by atoms with Crippen LogP contribution in [0.3, 0.4) is 0 Å². The van der Waals surface area contributed by atoms with Crippen LogP contribution in [-0.4, -0.2) is 19.7 Å². The van der Waals surface area contributed by atoms with Crippen molar-refractivity contribution in [2.24, 2.45) is 0 Å². The summed E-state index contributed by atoms with van der Waals surface area (Å²) >= 11 is 3.13. The Morgan fingerprint density at radius 2 is 2.00 bits per heavy atom. The number of thioether (sulfide) groups is 1. The molecule has 0 bridgehead atoms. The van der Waals surface area contributed by atoms with Crippen LogP contribution in [0.5, 0.6) is 0 Å². The molecule has 1 aromatic carbocycles. The Kier molecular flexibility index (Phi) is 4.99. The summed E-state index contributed by atoms with van der Waals surface area (Å²) in [7, 11) is 0. The number of hydrogen-bond donors (Lipinski definition) is 0. The predicted octanol–water partition coefficient (Wildman–Crippen LogP) is 4.93. The molecule has 3 heterocycles. The van der Waals surface area contributed by atoms with Gasteiger partial charge in [0, 0.05) is 11.8 Å². The van der Waals surface area contributed by atoms with Gasteiger partial charge in [0.15, 0.2) is 5.16 Å². The van der Waals surface area contributed by atoms with Gasteiger partial charge in [0.25, 0.3) is 5.56 Å². The summed E-state index contributed by atoms with van der Waals surface area (Å²) < 4.78 is 7.29. The molecule has 3 aromatic heterocycles. The summed E-state index contributed by atoms with van der Waals surface area (Å²) in [6.45, 7) is 5.87. The van der Waals surface area contributed by atoms with Gasteiger partial charge in [-0.2, -0.15) is 0 Å². The van der Waals surface area contributed by atoms with E-state index in [9.17, 15) is 4.79 Å². The molecule has 1 aliphatic carbocycles. The molecule has 1 aliphatic rings. The van der Waals surface area contributed by atoms with Crippen molar-refractivity contribution in [1.82, 2.24) is 19.7 Å². The fourth-order valence-corrected chi connectivity index (χ4v) is 6.22. The van der Waals surface area contributed by atoms with Crippen LogP contribution in [0, 0.1) is 20.8 Å². The minimum Gasteiger partial charge on any atom is -0.425 e. The van der Waals surface area contributed by atoms with Gasteiger partial charge in [0.05, 0.1) is 16.8 Å². The Morgan fingerprint density at radius 1 is 1.17 bits per heavy atom. The Bertz CT molecular complexity index is 1320. The first-order chi connectivity index (χ1) is 14.5. The monoisotopic (exact) mass is 438 g/mol. The fourth-order valence-electron chi connectivity index (χ4n) is 4.07. The van der Waals surface area contributed by atoms with E-state index in [4.69, 9.17) is 9.40 Å². The normalized spacial score (nSPS) is 13.7. The molecule has 0 saturated heterocycles. The molecule has 0 N–H and O–H groups in total. The van der Waals surface area contributed by atoms with E-state index in [1.807, 2.05) is 19.1 Å². The molecule has 154 valence electrons. The number of rotatable bonds is 4. The van der Waals surface area contributed by atoms with Crippen molar-refractivity contribution in [3.05, 3.63) is 61.9 Å². The van der Waals surface area contributed by atoms with Crippen LogP contribution in [0.2, 0.25) is 0 Å². The summed E-state index contributed by atoms with van der Waals surface area (Å²) in [6.07, 6.45) is 4.33. The van der Waals surface area contributed by atoms with E-state index in [0.29, 0.717) is 22.7 Å². The lowest BCUT2D eigenvalue weighted by Crippen LogP contribution is -2.23. The second kappa shape index (κ2) is 7.67. The summed E-state index contributed by atoms with van der Waals surface area (Å²) in [5.41, 5.74) is 4.33. The third kappa shape index (κ3) is 3.37. The lowest BCUT2D eigenvalue weighted by Gasteiger charge is -2.15. The van der Waals surface area contributed by atoms with Crippen LogP contribution in [0.15, 0.2) is 32.6 Å². The summed E-state index contributed by atoms with van der Waals surface area (Å²) in [6, 6.07) is 6.15. The van der Waals surface area contributed by atoms with Crippen LogP contribution in [-0.2, 0) is 18.6 Å². The lowest BCUT2D eigenvalue weighted by atomic mass is 9.97. The van der Waals surface area contributed by atoms with E-state index in [1.54, 1.807) is 22.8 Å². The number of thiophene rings is 1. The summed E-state index contributed by atoms with van der Waals surface area (Å²) in [4.78, 5) is 20.9. The highest BCUT2D eigenvalue weighted by Gasteiger charge is 2.23. The van der Waals surface area contributed by atoms with E-state index < -0.39 is 0 Å². The molecule has 0 radical (unpaired) electrons. The first-order valence-electron chi connectivity index (χ1n) is 10.1. The maximum atomic E-state index is 13.8. The van der Waals surface area contributed by atoms with Gasteiger partial charge < -0.3 is 4.42 Å². The number of nitrogens with zero attached hydrogens (tertiary/aromatic N) is 4. The molecule has 0 aliphatic heterocycles. The van der Waals surface area contributed by atoms with Crippen molar-refractivity contribution in [2.45, 2.75) is 57.4 Å². The standard InChI is InChI=1S/C22H22N4O2S2/c1-12-8-9-16(13(2)10-12)26-21(27)19-15-6-4-5-7-17(15)30-20(19)23-22(26)29-11-18-25-24-14(3)28-18/h8-10H,4-7,11H2,1-3H3. The second-order valence-corrected chi connectivity index (χ2v) is 9.75. The largest absolute Gasteiger partial charge is 0.425 e.